The highest BCUT2D eigenvalue weighted by atomic mass is 79.9. The molecule has 0 radical (unpaired) electrons. The van der Waals surface area contributed by atoms with Crippen molar-refractivity contribution in [3.05, 3.63) is 44.1 Å². The molecule has 0 aliphatic carbocycles. The zero-order valence-corrected chi connectivity index (χ0v) is 16.7. The van der Waals surface area contributed by atoms with Gasteiger partial charge in [0, 0.05) is 18.8 Å². The van der Waals surface area contributed by atoms with Gasteiger partial charge >= 0.3 is 0 Å². The van der Waals surface area contributed by atoms with Crippen molar-refractivity contribution in [2.75, 3.05) is 11.9 Å². The highest BCUT2D eigenvalue weighted by Gasteiger charge is 2.08. The summed E-state index contributed by atoms with van der Waals surface area (Å²) in [6, 6.07) is 5.38. The fourth-order valence-electron chi connectivity index (χ4n) is 2.09. The number of benzene rings is 1. The minimum absolute atomic E-state index is 0.464. The zero-order chi connectivity index (χ0) is 17.0. The molecule has 0 saturated heterocycles. The van der Waals surface area contributed by atoms with Gasteiger partial charge in [-0.25, -0.2) is 0 Å². The van der Waals surface area contributed by atoms with Crippen LogP contribution in [0.15, 0.2) is 22.7 Å². The second kappa shape index (κ2) is 8.33. The maximum absolute atomic E-state index is 6.12. The summed E-state index contributed by atoms with van der Waals surface area (Å²) in [5.74, 6) is 0. The van der Waals surface area contributed by atoms with E-state index in [1.54, 1.807) is 6.07 Å². The van der Waals surface area contributed by atoms with E-state index in [4.69, 9.17) is 35.4 Å². The van der Waals surface area contributed by atoms with Gasteiger partial charge in [0.25, 0.3) is 0 Å². The molecule has 1 aromatic carbocycles. The number of nitrogens with zero attached hydrogens (tertiary/aromatic N) is 2. The molecule has 0 fully saturated rings. The lowest BCUT2D eigenvalue weighted by atomic mass is 10.3. The van der Waals surface area contributed by atoms with E-state index >= 15 is 0 Å². The molecule has 1 aromatic heterocycles. The molecule has 0 aliphatic heterocycles. The van der Waals surface area contributed by atoms with Crippen LogP contribution in [0.4, 0.5) is 5.69 Å². The first-order valence-corrected chi connectivity index (χ1v) is 9.04. The molecule has 124 valence electrons. The van der Waals surface area contributed by atoms with Crippen molar-refractivity contribution in [3.8, 4) is 0 Å². The van der Waals surface area contributed by atoms with Crippen LogP contribution in [0.25, 0.3) is 0 Å². The summed E-state index contributed by atoms with van der Waals surface area (Å²) in [5, 5.41) is 12.2. The van der Waals surface area contributed by atoms with Crippen LogP contribution in [0.1, 0.15) is 17.8 Å². The van der Waals surface area contributed by atoms with Gasteiger partial charge < -0.3 is 10.6 Å². The number of nitrogens with one attached hydrogen (secondary N) is 2. The van der Waals surface area contributed by atoms with Crippen LogP contribution in [-0.4, -0.2) is 21.4 Å². The Bertz CT molecular complexity index is 718. The van der Waals surface area contributed by atoms with E-state index < -0.39 is 0 Å². The van der Waals surface area contributed by atoms with E-state index in [0.29, 0.717) is 20.8 Å². The number of aryl methyl sites for hydroxylation is 2. The predicted molar refractivity (Wildman–Crippen MR) is 105 cm³/mol. The van der Waals surface area contributed by atoms with Crippen molar-refractivity contribution in [1.82, 2.24) is 15.1 Å². The fourth-order valence-corrected chi connectivity index (χ4v) is 2.93. The molecular weight excluding hydrogens is 419 g/mol. The van der Waals surface area contributed by atoms with Crippen molar-refractivity contribution in [2.24, 2.45) is 0 Å². The smallest absolute Gasteiger partial charge is 0.170 e. The van der Waals surface area contributed by atoms with Gasteiger partial charge in [-0.15, -0.1) is 0 Å². The van der Waals surface area contributed by atoms with Crippen molar-refractivity contribution in [1.29, 1.82) is 0 Å². The van der Waals surface area contributed by atoms with Crippen LogP contribution in [0.5, 0.6) is 0 Å². The van der Waals surface area contributed by atoms with Gasteiger partial charge in [-0.3, -0.25) is 4.68 Å². The summed E-state index contributed by atoms with van der Waals surface area (Å²) >= 11 is 20.9. The van der Waals surface area contributed by atoms with Crippen molar-refractivity contribution in [3.63, 3.8) is 0 Å². The Morgan fingerprint density at radius 2 is 2.09 bits per heavy atom. The molecule has 4 nitrogen and oxygen atoms in total. The second-order valence-corrected chi connectivity index (χ2v) is 7.03. The Kier molecular flexibility index (Phi) is 6.71. The van der Waals surface area contributed by atoms with Crippen LogP contribution < -0.4 is 10.6 Å². The van der Waals surface area contributed by atoms with Gasteiger partial charge in [-0.2, -0.15) is 5.10 Å². The van der Waals surface area contributed by atoms with Crippen molar-refractivity contribution in [2.45, 2.75) is 26.8 Å². The Hall–Kier alpha value is -0.820. The summed E-state index contributed by atoms with van der Waals surface area (Å²) in [4.78, 5) is 0. The lowest BCUT2D eigenvalue weighted by Gasteiger charge is -2.12. The van der Waals surface area contributed by atoms with Gasteiger partial charge in [-0.05, 0) is 60.5 Å². The standard InChI is InChI=1S/C15H17BrCl2N4S/c1-9-13(16)10(2)22(21-9)8-4-7-19-15(23)20-12-6-3-5-11(17)14(12)18/h3,5-6H,4,7-8H2,1-2H3,(H2,19,20,23). The molecule has 2 N–H and O–H groups in total. The first kappa shape index (κ1) is 18.5. The van der Waals surface area contributed by atoms with Gasteiger partial charge in [0.2, 0.25) is 0 Å². The molecule has 0 amide bonds. The molecule has 0 bridgehead atoms. The lowest BCUT2D eigenvalue weighted by molar-refractivity contribution is 0.558. The number of rotatable bonds is 5. The van der Waals surface area contributed by atoms with E-state index in [0.717, 1.165) is 35.4 Å². The van der Waals surface area contributed by atoms with Crippen molar-refractivity contribution >= 4 is 62.1 Å². The molecule has 23 heavy (non-hydrogen) atoms. The maximum Gasteiger partial charge on any atom is 0.170 e. The maximum atomic E-state index is 6.12. The fraction of sp³-hybridized carbons (Fsp3) is 0.333. The lowest BCUT2D eigenvalue weighted by Crippen LogP contribution is -2.30. The monoisotopic (exact) mass is 434 g/mol. The SMILES string of the molecule is Cc1nn(CCCNC(=S)Nc2cccc(Cl)c2Cl)c(C)c1Br. The molecule has 0 atom stereocenters. The minimum Gasteiger partial charge on any atom is -0.362 e. The first-order valence-electron chi connectivity index (χ1n) is 7.08. The summed E-state index contributed by atoms with van der Waals surface area (Å²) < 4.78 is 3.06. The molecular formula is C15H17BrCl2N4S. The summed E-state index contributed by atoms with van der Waals surface area (Å²) in [5.41, 5.74) is 2.83. The Morgan fingerprint density at radius 1 is 1.35 bits per heavy atom. The molecule has 0 unspecified atom stereocenters. The van der Waals surface area contributed by atoms with E-state index in [1.807, 2.05) is 30.7 Å². The van der Waals surface area contributed by atoms with Crippen LogP contribution >= 0.6 is 51.3 Å². The average molecular weight is 436 g/mol. The van der Waals surface area contributed by atoms with E-state index in [-0.39, 0.29) is 0 Å². The van der Waals surface area contributed by atoms with Crippen LogP contribution in [0, 0.1) is 13.8 Å². The Labute approximate surface area is 159 Å². The van der Waals surface area contributed by atoms with Gasteiger partial charge in [0.05, 0.1) is 25.9 Å². The quantitative estimate of drug-likeness (QED) is 0.515. The van der Waals surface area contributed by atoms with Gasteiger partial charge in [0.15, 0.2) is 5.11 Å². The van der Waals surface area contributed by atoms with Crippen molar-refractivity contribution < 1.29 is 0 Å². The highest BCUT2D eigenvalue weighted by Crippen LogP contribution is 2.29. The van der Waals surface area contributed by atoms with E-state index in [9.17, 15) is 0 Å². The second-order valence-electron chi connectivity index (χ2n) is 5.04. The van der Waals surface area contributed by atoms with E-state index in [2.05, 4.69) is 31.7 Å². The summed E-state index contributed by atoms with van der Waals surface area (Å²) in [7, 11) is 0. The van der Waals surface area contributed by atoms with E-state index in [1.165, 1.54) is 0 Å². The number of anilines is 1. The highest BCUT2D eigenvalue weighted by molar-refractivity contribution is 9.10. The third kappa shape index (κ3) is 4.83. The number of hydrogen-bond donors (Lipinski definition) is 2. The third-order valence-corrected chi connectivity index (χ3v) is 5.54. The largest absolute Gasteiger partial charge is 0.362 e. The first-order chi connectivity index (χ1) is 10.9. The molecule has 0 aliphatic rings. The number of hydrogen-bond acceptors (Lipinski definition) is 2. The predicted octanol–water partition coefficient (Wildman–Crippen LogP) is 4.95. The van der Waals surface area contributed by atoms with Gasteiger partial charge in [0.1, 0.15) is 0 Å². The van der Waals surface area contributed by atoms with Gasteiger partial charge in [-0.1, -0.05) is 29.3 Å². The zero-order valence-electron chi connectivity index (χ0n) is 12.8. The summed E-state index contributed by atoms with van der Waals surface area (Å²) in [6.45, 7) is 5.59. The number of thiocarbonyl (C=S) groups is 1. The van der Waals surface area contributed by atoms with Crippen LogP contribution in [0.3, 0.4) is 0 Å². The molecule has 2 rings (SSSR count). The molecule has 0 saturated carbocycles. The van der Waals surface area contributed by atoms with Crippen LogP contribution in [0.2, 0.25) is 10.0 Å². The molecule has 1 heterocycles. The minimum atomic E-state index is 0.464. The Morgan fingerprint density at radius 3 is 2.74 bits per heavy atom. The topological polar surface area (TPSA) is 41.9 Å². The van der Waals surface area contributed by atoms with Crippen LogP contribution in [-0.2, 0) is 6.54 Å². The molecule has 0 spiro atoms. The average Bonchev–Trinajstić information content (AvgIpc) is 2.76. The summed E-state index contributed by atoms with van der Waals surface area (Å²) in [6.07, 6.45) is 0.902. The number of aromatic nitrogens is 2. The molecule has 8 heteroatoms. The third-order valence-electron chi connectivity index (χ3n) is 3.33. The Balaban J connectivity index is 1.79. The molecule has 2 aromatic rings. The number of halogens is 3. The normalized spacial score (nSPS) is 10.7.